The third kappa shape index (κ3) is 3.32. The Kier molecular flexibility index (Phi) is 5.11. The van der Waals surface area contributed by atoms with Crippen molar-refractivity contribution in [2.75, 3.05) is 11.2 Å². The van der Waals surface area contributed by atoms with Crippen molar-refractivity contribution >= 4 is 35.0 Å². The third-order valence-corrected chi connectivity index (χ3v) is 6.09. The van der Waals surface area contributed by atoms with E-state index in [1.807, 2.05) is 48.7 Å². The molecule has 0 saturated heterocycles. The van der Waals surface area contributed by atoms with Gasteiger partial charge in [0.15, 0.2) is 5.76 Å². The summed E-state index contributed by atoms with van der Waals surface area (Å²) in [5.74, 6) is 0.872. The van der Waals surface area contributed by atoms with Gasteiger partial charge < -0.3 is 4.42 Å². The van der Waals surface area contributed by atoms with Crippen LogP contribution in [0.1, 0.15) is 18.8 Å². The topological polar surface area (TPSA) is 83.1 Å². The molecule has 4 aromatic rings. The first-order valence-electron chi connectivity index (χ1n) is 9.83. The van der Waals surface area contributed by atoms with Crippen LogP contribution in [0.2, 0.25) is 5.02 Å². The first-order chi connectivity index (χ1) is 15.5. The van der Waals surface area contributed by atoms with Crippen LogP contribution < -0.4 is 15.1 Å². The Balaban J connectivity index is 1.76. The third-order valence-electron chi connectivity index (χ3n) is 5.28. The van der Waals surface area contributed by atoms with E-state index in [2.05, 4.69) is 10.1 Å². The van der Waals surface area contributed by atoms with Crippen LogP contribution in [-0.2, 0) is 4.79 Å². The maximum absolute atomic E-state index is 13.0. The molecule has 0 saturated carbocycles. The minimum absolute atomic E-state index is 0.200. The van der Waals surface area contributed by atoms with Crippen molar-refractivity contribution in [2.45, 2.75) is 18.2 Å². The molecule has 2 aromatic heterocycles. The summed E-state index contributed by atoms with van der Waals surface area (Å²) in [4.78, 5) is 30.3. The number of nitrogens with one attached hydrogen (secondary N) is 1. The normalized spacial score (nSPS) is 14.7. The second-order valence-electron chi connectivity index (χ2n) is 7.25. The smallest absolute Gasteiger partial charge is 0.325 e. The van der Waals surface area contributed by atoms with Gasteiger partial charge in [-0.15, -0.1) is 0 Å². The number of carbonyl (C=O) groups is 1. The lowest BCUT2D eigenvalue weighted by atomic mass is 10.0. The number of furan rings is 1. The van der Waals surface area contributed by atoms with Crippen molar-refractivity contribution in [3.63, 3.8) is 0 Å². The summed E-state index contributed by atoms with van der Waals surface area (Å²) in [6.45, 7) is 1.48. The number of nitrogens with zero attached hydrogens (tertiary/aromatic N) is 3. The van der Waals surface area contributed by atoms with E-state index < -0.39 is 6.17 Å². The van der Waals surface area contributed by atoms with Crippen molar-refractivity contribution in [1.29, 1.82) is 0 Å². The predicted octanol–water partition coefficient (Wildman–Crippen LogP) is 4.27. The molecule has 7 nitrogen and oxygen atoms in total. The highest BCUT2D eigenvalue weighted by Crippen LogP contribution is 2.38. The number of hydrogen-bond acceptors (Lipinski definition) is 5. The van der Waals surface area contributed by atoms with Crippen LogP contribution in [0, 0.1) is 0 Å². The number of carbonyl (C=O) groups excluding carboxylic acids is 1. The van der Waals surface area contributed by atoms with Crippen LogP contribution >= 0.6 is 23.4 Å². The highest BCUT2D eigenvalue weighted by Gasteiger charge is 2.46. The summed E-state index contributed by atoms with van der Waals surface area (Å²) in [5.41, 5.74) is 2.13. The maximum atomic E-state index is 13.0. The molecule has 1 aliphatic rings. The molecule has 0 aliphatic carbocycles. The fourth-order valence-corrected chi connectivity index (χ4v) is 4.51. The number of anilines is 1. The maximum Gasteiger partial charge on any atom is 0.325 e. The number of H-pyrrole nitrogens is 1. The predicted molar refractivity (Wildman–Crippen MR) is 123 cm³/mol. The Labute approximate surface area is 192 Å². The van der Waals surface area contributed by atoms with Gasteiger partial charge in [-0.25, -0.2) is 4.90 Å². The zero-order chi connectivity index (χ0) is 22.4. The van der Waals surface area contributed by atoms with Gasteiger partial charge in [-0.1, -0.05) is 47.6 Å². The molecule has 0 spiro atoms. The molecule has 9 heteroatoms. The van der Waals surface area contributed by atoms with Gasteiger partial charge in [-0.3, -0.25) is 14.6 Å². The first kappa shape index (κ1) is 20.5. The molecule has 1 aliphatic heterocycles. The molecule has 0 fully saturated rings. The lowest BCUT2D eigenvalue weighted by molar-refractivity contribution is -0.764. The van der Waals surface area contributed by atoms with E-state index in [-0.39, 0.29) is 11.5 Å². The van der Waals surface area contributed by atoms with Crippen molar-refractivity contribution in [3.8, 4) is 22.6 Å². The van der Waals surface area contributed by atoms with Crippen LogP contribution in [0.25, 0.3) is 22.6 Å². The fourth-order valence-electron chi connectivity index (χ4n) is 3.95. The molecule has 0 unspecified atom stereocenters. The number of benzene rings is 2. The van der Waals surface area contributed by atoms with Crippen molar-refractivity contribution in [3.05, 3.63) is 81.8 Å². The van der Waals surface area contributed by atoms with E-state index >= 15 is 0 Å². The van der Waals surface area contributed by atoms with Gasteiger partial charge in [0.2, 0.25) is 11.1 Å². The van der Waals surface area contributed by atoms with Gasteiger partial charge in [-0.2, -0.15) is 0 Å². The highest BCUT2D eigenvalue weighted by molar-refractivity contribution is 7.98. The molecule has 0 radical (unpaired) electrons. The van der Waals surface area contributed by atoms with Gasteiger partial charge in [0.1, 0.15) is 5.76 Å². The van der Waals surface area contributed by atoms with Gasteiger partial charge in [0.05, 0.1) is 11.3 Å². The number of rotatable bonds is 3. The van der Waals surface area contributed by atoms with E-state index in [4.69, 9.17) is 16.0 Å². The summed E-state index contributed by atoms with van der Waals surface area (Å²) in [6.07, 6.45) is 1.06. The lowest BCUT2D eigenvalue weighted by Gasteiger charge is -2.29. The first-order valence-corrected chi connectivity index (χ1v) is 11.4. The number of thioether (sulfide) groups is 1. The molecule has 0 bridgehead atoms. The molecule has 1 atom stereocenters. The average molecular weight is 466 g/mol. The van der Waals surface area contributed by atoms with E-state index in [0.29, 0.717) is 38.6 Å². The zero-order valence-electron chi connectivity index (χ0n) is 17.2. The van der Waals surface area contributed by atoms with Crippen LogP contribution in [0.3, 0.4) is 0 Å². The van der Waals surface area contributed by atoms with Gasteiger partial charge in [0, 0.05) is 22.6 Å². The molecule has 3 heterocycles. The monoisotopic (exact) mass is 465 g/mol. The minimum Gasteiger partial charge on any atom is -0.452 e. The van der Waals surface area contributed by atoms with Gasteiger partial charge in [0.25, 0.3) is 0 Å². The van der Waals surface area contributed by atoms with Crippen LogP contribution in [0.5, 0.6) is 0 Å². The van der Waals surface area contributed by atoms with Gasteiger partial charge >= 0.3 is 17.4 Å². The number of para-hydroxylation sites is 1. The number of halogens is 1. The summed E-state index contributed by atoms with van der Waals surface area (Å²) >= 11 is 7.45. The van der Waals surface area contributed by atoms with Crippen molar-refractivity contribution in [2.24, 2.45) is 0 Å². The average Bonchev–Trinajstić information content (AvgIpc) is 3.27. The number of fused-ring (bicyclic) bond motifs is 3. The zero-order valence-corrected chi connectivity index (χ0v) is 18.8. The second-order valence-corrected chi connectivity index (χ2v) is 8.48. The number of amides is 1. The summed E-state index contributed by atoms with van der Waals surface area (Å²) < 4.78 is 7.76. The molecule has 160 valence electrons. The second kappa shape index (κ2) is 7.96. The van der Waals surface area contributed by atoms with Gasteiger partial charge in [-0.05, 0) is 47.3 Å². The molecular formula is C23H18ClN4O3S+. The molecule has 5 rings (SSSR count). The van der Waals surface area contributed by atoms with E-state index in [0.717, 1.165) is 5.56 Å². The Morgan fingerprint density at radius 2 is 2.00 bits per heavy atom. The van der Waals surface area contributed by atoms with Crippen molar-refractivity contribution in [1.82, 2.24) is 10.1 Å². The highest BCUT2D eigenvalue weighted by atomic mass is 35.5. The molecule has 2 aromatic carbocycles. The summed E-state index contributed by atoms with van der Waals surface area (Å²) in [7, 11) is 0. The minimum atomic E-state index is -0.765. The van der Waals surface area contributed by atoms with Crippen molar-refractivity contribution < 1.29 is 13.9 Å². The molecular weight excluding hydrogens is 448 g/mol. The Morgan fingerprint density at radius 1 is 1.19 bits per heavy atom. The van der Waals surface area contributed by atoms with Crippen LogP contribution in [0.4, 0.5) is 5.69 Å². The summed E-state index contributed by atoms with van der Waals surface area (Å²) in [5, 5.41) is 5.66. The molecule has 1 N–H and O–H groups in total. The Hall–Kier alpha value is -3.36. The van der Waals surface area contributed by atoms with E-state index in [1.54, 1.807) is 27.8 Å². The molecule has 32 heavy (non-hydrogen) atoms. The van der Waals surface area contributed by atoms with Crippen LogP contribution in [0.15, 0.2) is 75.0 Å². The quantitative estimate of drug-likeness (QED) is 0.361. The SMILES string of the molecule is CSc1n[n+]2c(c(=O)[nH]1)-c1ccccc1N(C(C)=O)[C@H]2c1ccc(-c2cccc(Cl)c2)o1. The van der Waals surface area contributed by atoms with E-state index in [1.165, 1.54) is 18.7 Å². The van der Waals surface area contributed by atoms with E-state index in [9.17, 15) is 9.59 Å². The fraction of sp³-hybridized carbons (Fsp3) is 0.130. The largest absolute Gasteiger partial charge is 0.452 e. The Morgan fingerprint density at radius 3 is 2.75 bits per heavy atom. The summed E-state index contributed by atoms with van der Waals surface area (Å²) in [6, 6.07) is 18.2. The number of aromatic nitrogens is 3. The number of aromatic amines is 1. The lowest BCUT2D eigenvalue weighted by Crippen LogP contribution is -2.60. The standard InChI is InChI=1S/C23H17ClN4O3S/c1-13(29)27-17-9-4-3-8-16(17)20-21(30)25-23(32-2)26-28(20)22(27)19-11-10-18(31-19)14-6-5-7-15(24)12-14/h3-12,22H,1-2H3/p+1/t22-/m1/s1. The number of hydrogen-bond donors (Lipinski definition) is 1. The Bertz CT molecular complexity index is 1410. The van der Waals surface area contributed by atoms with Crippen LogP contribution in [-0.4, -0.2) is 22.2 Å². The molecule has 1 amide bonds.